The first kappa shape index (κ1) is 27.2. The van der Waals surface area contributed by atoms with E-state index in [9.17, 15) is 19.2 Å². The van der Waals surface area contributed by atoms with Crippen LogP contribution in [0.3, 0.4) is 0 Å². The molecule has 0 radical (unpaired) electrons. The lowest BCUT2D eigenvalue weighted by molar-refractivity contribution is -0.189. The van der Waals surface area contributed by atoms with Crippen LogP contribution >= 0.6 is 0 Å². The minimum absolute atomic E-state index is 0.0306. The van der Waals surface area contributed by atoms with Gasteiger partial charge in [0, 0.05) is 5.92 Å². The highest BCUT2D eigenvalue weighted by Gasteiger charge is 2.85. The predicted molar refractivity (Wildman–Crippen MR) is 142 cm³/mol. The monoisotopic (exact) mass is 494 g/mol. The van der Waals surface area contributed by atoms with Crippen LogP contribution in [-0.4, -0.2) is 23.1 Å². The van der Waals surface area contributed by atoms with Crippen molar-refractivity contribution in [3.8, 4) is 0 Å². The predicted octanol–water partition coefficient (Wildman–Crippen LogP) is 6.86. The van der Waals surface area contributed by atoms with Crippen molar-refractivity contribution in [3.05, 3.63) is 23.3 Å². The van der Waals surface area contributed by atoms with Crippen molar-refractivity contribution in [2.75, 3.05) is 0 Å². The van der Waals surface area contributed by atoms with E-state index in [4.69, 9.17) is 0 Å². The molecule has 5 rings (SSSR count). The topological polar surface area (TPSA) is 68.3 Å². The molecular formula is C32H46O4. The van der Waals surface area contributed by atoms with E-state index in [1.54, 1.807) is 13.8 Å². The average molecular weight is 495 g/mol. The van der Waals surface area contributed by atoms with E-state index in [-0.39, 0.29) is 40.4 Å². The minimum Gasteiger partial charge on any atom is -0.298 e. The quantitative estimate of drug-likeness (QED) is 0.286. The number of carbonyl (C=O) groups is 4. The molecule has 0 aromatic rings. The normalized spacial score (nSPS) is 38.4. The largest absolute Gasteiger partial charge is 0.298 e. The third-order valence-electron chi connectivity index (χ3n) is 10.9. The lowest BCUT2D eigenvalue weighted by atomic mass is 9.36. The Morgan fingerprint density at radius 1 is 0.944 bits per heavy atom. The van der Waals surface area contributed by atoms with Crippen LogP contribution in [0.4, 0.5) is 0 Å². The van der Waals surface area contributed by atoms with Crippen molar-refractivity contribution >= 4 is 23.1 Å². The molecule has 4 nitrogen and oxygen atoms in total. The Labute approximate surface area is 217 Å². The molecule has 0 unspecified atom stereocenters. The summed E-state index contributed by atoms with van der Waals surface area (Å²) in [6.45, 7) is 18.1. The van der Waals surface area contributed by atoms with Crippen LogP contribution in [-0.2, 0) is 19.2 Å². The average Bonchev–Trinajstić information content (AvgIpc) is 2.95. The van der Waals surface area contributed by atoms with E-state index in [0.717, 1.165) is 31.3 Å². The highest BCUT2D eigenvalue weighted by Crippen LogP contribution is 2.75. The van der Waals surface area contributed by atoms with Gasteiger partial charge < -0.3 is 0 Å². The van der Waals surface area contributed by atoms with E-state index in [1.807, 2.05) is 13.8 Å². The Balaban J connectivity index is 1.93. The Morgan fingerprint density at radius 3 is 2.17 bits per heavy atom. The summed E-state index contributed by atoms with van der Waals surface area (Å²) in [7, 11) is 0. The molecule has 1 spiro atoms. The van der Waals surface area contributed by atoms with E-state index < -0.39 is 27.6 Å². The Kier molecular flexibility index (Phi) is 6.30. The second kappa shape index (κ2) is 8.33. The van der Waals surface area contributed by atoms with Crippen molar-refractivity contribution in [2.24, 2.45) is 44.8 Å². The molecule has 0 amide bonds. The van der Waals surface area contributed by atoms with Gasteiger partial charge >= 0.3 is 0 Å². The maximum absolute atomic E-state index is 14.8. The molecule has 0 heterocycles. The van der Waals surface area contributed by atoms with Gasteiger partial charge in [-0.3, -0.25) is 19.2 Å². The summed E-state index contributed by atoms with van der Waals surface area (Å²) in [5.41, 5.74) is -2.77. The molecule has 0 saturated heterocycles. The lowest BCUT2D eigenvalue weighted by Crippen LogP contribution is -2.75. The number of hydrogen-bond donors (Lipinski definition) is 0. The Bertz CT molecular complexity index is 1080. The van der Waals surface area contributed by atoms with E-state index in [1.165, 1.54) is 5.57 Å². The summed E-state index contributed by atoms with van der Waals surface area (Å²) in [6, 6.07) is 0. The summed E-state index contributed by atoms with van der Waals surface area (Å²) in [4.78, 5) is 58.4. The molecule has 0 N–H and O–H groups in total. The molecule has 36 heavy (non-hydrogen) atoms. The van der Waals surface area contributed by atoms with Crippen LogP contribution < -0.4 is 0 Å². The number of ketones is 4. The molecule has 198 valence electrons. The van der Waals surface area contributed by atoms with Crippen LogP contribution in [0.2, 0.25) is 0 Å². The van der Waals surface area contributed by atoms with Gasteiger partial charge in [0.25, 0.3) is 0 Å². The van der Waals surface area contributed by atoms with Crippen LogP contribution in [0.15, 0.2) is 23.3 Å². The standard InChI is InChI=1S/C32H46O4/c1-19(2)11-10-12-21(5)13-14-30-18-22-17-23-28(6,7)15-16-31(23,25(30)34)27(36)32(26(30)35,29(22,8)9)24(33)20(3)4/h11,13,20,22-23H,10,12,14-18H2,1-9H3/b21-13+/t22-,23-,30-,31+,32-/m1/s1. The molecular weight excluding hydrogens is 448 g/mol. The van der Waals surface area contributed by atoms with E-state index in [2.05, 4.69) is 46.8 Å². The summed E-state index contributed by atoms with van der Waals surface area (Å²) in [6.07, 6.45) is 8.81. The number of hydrogen-bond acceptors (Lipinski definition) is 4. The van der Waals surface area contributed by atoms with Gasteiger partial charge in [-0.25, -0.2) is 0 Å². The summed E-state index contributed by atoms with van der Waals surface area (Å²) in [5.74, 6) is -1.74. The SMILES string of the molecule is CC(C)=CCC/C(C)=C/C[C@@]12C[C@H]3C[C@@H]4C(C)(C)CC[C@]4(C1=O)C(=O)[C@@](C(=O)C(C)C)(C2=O)C3(C)C. The molecule has 0 aromatic heterocycles. The second-order valence-electron chi connectivity index (χ2n) is 14.3. The molecule has 5 saturated carbocycles. The van der Waals surface area contributed by atoms with Gasteiger partial charge in [0.1, 0.15) is 0 Å². The summed E-state index contributed by atoms with van der Waals surface area (Å²) < 4.78 is 0. The first-order valence-corrected chi connectivity index (χ1v) is 14.0. The number of carbonyl (C=O) groups excluding carboxylic acids is 4. The van der Waals surface area contributed by atoms with Crippen LogP contribution in [0.1, 0.15) is 107 Å². The molecule has 5 fully saturated rings. The summed E-state index contributed by atoms with van der Waals surface area (Å²) >= 11 is 0. The first-order chi connectivity index (χ1) is 16.5. The van der Waals surface area contributed by atoms with Crippen LogP contribution in [0.5, 0.6) is 0 Å². The molecule has 5 atom stereocenters. The maximum Gasteiger partial charge on any atom is 0.168 e. The minimum atomic E-state index is -1.73. The van der Waals surface area contributed by atoms with Crippen molar-refractivity contribution in [1.29, 1.82) is 0 Å². The van der Waals surface area contributed by atoms with Gasteiger partial charge in [0.2, 0.25) is 0 Å². The molecule has 5 aliphatic carbocycles. The Hall–Kier alpha value is -1.84. The smallest absolute Gasteiger partial charge is 0.168 e. The molecule has 5 aliphatic rings. The van der Waals surface area contributed by atoms with Gasteiger partial charge in [-0.05, 0) is 88.4 Å². The van der Waals surface area contributed by atoms with Crippen molar-refractivity contribution in [3.63, 3.8) is 0 Å². The van der Waals surface area contributed by atoms with E-state index in [0.29, 0.717) is 19.3 Å². The molecule has 4 bridgehead atoms. The van der Waals surface area contributed by atoms with Gasteiger partial charge in [-0.2, -0.15) is 0 Å². The van der Waals surface area contributed by atoms with Gasteiger partial charge in [0.15, 0.2) is 28.5 Å². The fourth-order valence-electron chi connectivity index (χ4n) is 8.73. The number of rotatable bonds is 7. The van der Waals surface area contributed by atoms with Crippen molar-refractivity contribution < 1.29 is 19.2 Å². The van der Waals surface area contributed by atoms with Crippen LogP contribution in [0.25, 0.3) is 0 Å². The lowest BCUT2D eigenvalue weighted by Gasteiger charge is -2.60. The second-order valence-corrected chi connectivity index (χ2v) is 14.3. The third-order valence-corrected chi connectivity index (χ3v) is 10.9. The fraction of sp³-hybridized carbons (Fsp3) is 0.750. The van der Waals surface area contributed by atoms with Gasteiger partial charge in [0.05, 0.1) is 10.8 Å². The van der Waals surface area contributed by atoms with Crippen molar-refractivity contribution in [1.82, 2.24) is 0 Å². The first-order valence-electron chi connectivity index (χ1n) is 14.0. The van der Waals surface area contributed by atoms with Crippen LogP contribution in [0, 0.1) is 44.8 Å². The van der Waals surface area contributed by atoms with Gasteiger partial charge in [-0.15, -0.1) is 0 Å². The van der Waals surface area contributed by atoms with Crippen molar-refractivity contribution in [2.45, 2.75) is 107 Å². The molecule has 0 aliphatic heterocycles. The maximum atomic E-state index is 14.8. The molecule has 0 aromatic carbocycles. The summed E-state index contributed by atoms with van der Waals surface area (Å²) in [5, 5.41) is 0. The molecule has 4 heteroatoms. The zero-order valence-corrected chi connectivity index (χ0v) is 24.0. The zero-order chi connectivity index (χ0) is 27.1. The Morgan fingerprint density at radius 2 is 1.58 bits per heavy atom. The van der Waals surface area contributed by atoms with E-state index >= 15 is 0 Å². The van der Waals surface area contributed by atoms with Gasteiger partial charge in [-0.1, -0.05) is 64.8 Å². The number of Topliss-reactive ketones (excluding diaryl/α,β-unsaturated/α-hetero) is 4. The fourth-order valence-corrected chi connectivity index (χ4v) is 8.73. The highest BCUT2D eigenvalue weighted by molar-refractivity contribution is 6.40. The number of allylic oxidation sites excluding steroid dienone is 4. The zero-order valence-electron chi connectivity index (χ0n) is 24.0. The third kappa shape index (κ3) is 3.18. The highest BCUT2D eigenvalue weighted by atomic mass is 16.2.